The number of hydrogen-bond donors (Lipinski definition) is 2. The van der Waals surface area contributed by atoms with Gasteiger partial charge < -0.3 is 9.62 Å². The van der Waals surface area contributed by atoms with Crippen LogP contribution in [0.3, 0.4) is 0 Å². The van der Waals surface area contributed by atoms with Gasteiger partial charge in [-0.05, 0) is 37.6 Å². The highest BCUT2D eigenvalue weighted by atomic mass is 32.2. The molecule has 2 unspecified atom stereocenters. The Morgan fingerprint density at radius 2 is 2.00 bits per heavy atom. The van der Waals surface area contributed by atoms with Crippen molar-refractivity contribution in [3.05, 3.63) is 59.8 Å². The lowest BCUT2D eigenvalue weighted by Gasteiger charge is -2.45. The van der Waals surface area contributed by atoms with Crippen LogP contribution in [0.2, 0.25) is 0 Å². The third-order valence-electron chi connectivity index (χ3n) is 6.53. The maximum atomic E-state index is 13.1. The van der Waals surface area contributed by atoms with Gasteiger partial charge in [-0.3, -0.25) is 19.0 Å². The number of carbonyl (C=O) groups is 3. The molecule has 1 aromatic rings. The molecule has 1 spiro atoms. The van der Waals surface area contributed by atoms with Crippen LogP contribution in [0, 0.1) is 6.92 Å². The Labute approximate surface area is 207 Å². The van der Waals surface area contributed by atoms with Gasteiger partial charge in [0.2, 0.25) is 11.3 Å². The van der Waals surface area contributed by atoms with Gasteiger partial charge in [0, 0.05) is 18.7 Å². The van der Waals surface area contributed by atoms with Gasteiger partial charge in [-0.25, -0.2) is 14.5 Å². The van der Waals surface area contributed by atoms with Crippen molar-refractivity contribution in [3.63, 3.8) is 0 Å². The molecule has 0 aromatic heterocycles. The number of quaternary nitrogens is 1. The molecule has 3 aliphatic heterocycles. The number of aryl methyl sites for hydroxylation is 1. The quantitative estimate of drug-likeness (QED) is 0.105. The van der Waals surface area contributed by atoms with Crippen molar-refractivity contribution in [1.29, 1.82) is 0 Å². The second-order valence-electron chi connectivity index (χ2n) is 8.73. The van der Waals surface area contributed by atoms with Gasteiger partial charge in [0.05, 0.1) is 13.0 Å². The number of allylic oxidation sites excluding steroid dienone is 2. The van der Waals surface area contributed by atoms with Crippen LogP contribution in [0.1, 0.15) is 31.7 Å². The van der Waals surface area contributed by atoms with Gasteiger partial charge in [-0.1, -0.05) is 19.4 Å². The van der Waals surface area contributed by atoms with E-state index in [0.29, 0.717) is 35.7 Å². The van der Waals surface area contributed by atoms with Gasteiger partial charge in [0.25, 0.3) is 11.8 Å². The molecule has 0 aliphatic carbocycles. The summed E-state index contributed by atoms with van der Waals surface area (Å²) in [6, 6.07) is 4.19. The van der Waals surface area contributed by atoms with Gasteiger partial charge in [0.15, 0.2) is 11.4 Å². The zero-order valence-corrected chi connectivity index (χ0v) is 20.5. The van der Waals surface area contributed by atoms with Crippen molar-refractivity contribution in [2.24, 2.45) is 0 Å². The van der Waals surface area contributed by atoms with Crippen LogP contribution < -0.4 is 9.22 Å². The number of benzene rings is 1. The summed E-state index contributed by atoms with van der Waals surface area (Å²) in [4.78, 5) is 44.1. The number of rotatable bonds is 7. The third kappa shape index (κ3) is 3.89. The first-order valence-electron chi connectivity index (χ1n) is 11.2. The van der Waals surface area contributed by atoms with E-state index in [1.807, 2.05) is 13.8 Å². The van der Waals surface area contributed by atoms with E-state index < -0.39 is 44.8 Å². The Balaban J connectivity index is 1.81. The topological polar surface area (TPSA) is 151 Å². The summed E-state index contributed by atoms with van der Waals surface area (Å²) < 4.78 is 39.9. The Bertz CT molecular complexity index is 1330. The monoisotopic (exact) mass is 520 g/mol. The Morgan fingerprint density at radius 3 is 2.58 bits per heavy atom. The first kappa shape index (κ1) is 25.6. The van der Waals surface area contributed by atoms with Crippen molar-refractivity contribution in [2.75, 3.05) is 13.1 Å². The number of fused-ring (bicyclic) bond motifs is 2. The minimum absolute atomic E-state index is 0.0105. The first-order chi connectivity index (χ1) is 17.0. The second kappa shape index (κ2) is 9.17. The molecule has 12 nitrogen and oxygen atoms in total. The number of nitrogens with zero attached hydrogens (tertiary/aromatic N) is 3. The van der Waals surface area contributed by atoms with Crippen molar-refractivity contribution in [2.45, 2.75) is 38.5 Å². The fourth-order valence-corrected chi connectivity index (χ4v) is 5.81. The minimum atomic E-state index is -4.48. The molecule has 2 saturated heterocycles. The van der Waals surface area contributed by atoms with E-state index in [9.17, 15) is 27.4 Å². The predicted octanol–water partition coefficient (Wildman–Crippen LogP) is 2.63. The number of imide groups is 2. The van der Waals surface area contributed by atoms with Crippen LogP contribution in [0.15, 0.2) is 54.3 Å². The summed E-state index contributed by atoms with van der Waals surface area (Å²) in [5, 5.41) is 7.76. The normalized spacial score (nSPS) is 25.9. The number of amides is 4. The molecule has 0 radical (unpaired) electrons. The van der Waals surface area contributed by atoms with Gasteiger partial charge >= 0.3 is 22.0 Å². The molecule has 36 heavy (non-hydrogen) atoms. The highest BCUT2D eigenvalue weighted by molar-refractivity contribution is 7.86. The zero-order valence-electron chi connectivity index (χ0n) is 19.7. The molecule has 0 saturated carbocycles. The third-order valence-corrected chi connectivity index (χ3v) is 7.81. The number of barbiturate groups is 1. The zero-order chi connectivity index (χ0) is 26.4. The van der Waals surface area contributed by atoms with Crippen LogP contribution in [0.25, 0.3) is 0 Å². The van der Waals surface area contributed by atoms with E-state index in [2.05, 4.69) is 11.5 Å². The van der Waals surface area contributed by atoms with Crippen LogP contribution in [-0.2, 0) is 24.6 Å². The summed E-state index contributed by atoms with van der Waals surface area (Å²) in [5.74, 6) is -2.18. The fourth-order valence-electron chi connectivity index (χ4n) is 4.63. The molecular weight excluding hydrogens is 494 g/mol. The van der Waals surface area contributed by atoms with Crippen LogP contribution in [0.4, 0.5) is 10.5 Å². The smallest absolute Gasteiger partial charge is 0.341 e. The lowest BCUT2D eigenvalue weighted by atomic mass is 10.1. The summed E-state index contributed by atoms with van der Waals surface area (Å²) in [6.07, 6.45) is 3.71. The van der Waals surface area contributed by atoms with Gasteiger partial charge in [-0.15, -0.1) is 0 Å². The van der Waals surface area contributed by atoms with E-state index in [0.717, 1.165) is 16.5 Å². The SMILES string of the molecule is C=C(OO)N1C(=O)C(=CC=C2Oc3ccc(C)cc3[N+]23CCC3S(=O)(=O)O)C(=O)N(CCCC)C1=O. The number of hydrogen-bond acceptors (Lipinski definition) is 8. The van der Waals surface area contributed by atoms with Crippen LogP contribution in [0.5, 0.6) is 5.75 Å². The Morgan fingerprint density at radius 1 is 1.28 bits per heavy atom. The number of urea groups is 1. The molecule has 0 bridgehead atoms. The van der Waals surface area contributed by atoms with Gasteiger partial charge in [-0.2, -0.15) is 13.3 Å². The average Bonchev–Trinajstić information content (AvgIpc) is 3.11. The van der Waals surface area contributed by atoms with E-state index in [1.54, 1.807) is 18.2 Å². The second-order valence-corrected chi connectivity index (χ2v) is 10.3. The largest absolute Gasteiger partial charge is 0.406 e. The molecule has 4 rings (SSSR count). The molecule has 4 amide bonds. The molecule has 13 heteroatoms. The molecule has 2 N–H and O–H groups in total. The minimum Gasteiger partial charge on any atom is -0.406 e. The van der Waals surface area contributed by atoms with E-state index in [4.69, 9.17) is 9.99 Å². The Hall–Kier alpha value is -3.52. The highest BCUT2D eigenvalue weighted by Gasteiger charge is 2.63. The molecular formula is C23H26N3O9S+. The maximum Gasteiger partial charge on any atom is 0.341 e. The lowest BCUT2D eigenvalue weighted by Crippen LogP contribution is -2.67. The van der Waals surface area contributed by atoms with Crippen molar-refractivity contribution in [1.82, 2.24) is 14.3 Å². The molecule has 3 heterocycles. The van der Waals surface area contributed by atoms with E-state index >= 15 is 0 Å². The van der Waals surface area contributed by atoms with Crippen molar-refractivity contribution in [3.8, 4) is 5.75 Å². The van der Waals surface area contributed by atoms with Crippen LogP contribution in [-0.4, -0.2) is 64.3 Å². The number of ether oxygens (including phenoxy) is 1. The van der Waals surface area contributed by atoms with E-state index in [-0.39, 0.29) is 23.3 Å². The van der Waals surface area contributed by atoms with E-state index in [1.165, 1.54) is 6.08 Å². The number of unbranched alkanes of at least 4 members (excludes halogenated alkanes) is 1. The predicted molar refractivity (Wildman–Crippen MR) is 126 cm³/mol. The summed E-state index contributed by atoms with van der Waals surface area (Å²) in [5.41, 5.74) is 0.920. The number of carbonyl (C=O) groups excluding carboxylic acids is 3. The summed E-state index contributed by atoms with van der Waals surface area (Å²) >= 11 is 0. The summed E-state index contributed by atoms with van der Waals surface area (Å²) in [6.45, 7) is 7.33. The van der Waals surface area contributed by atoms with Crippen LogP contribution >= 0.6 is 0 Å². The Kier molecular flexibility index (Phi) is 6.51. The highest BCUT2D eigenvalue weighted by Crippen LogP contribution is 2.53. The molecule has 2 atom stereocenters. The average molecular weight is 521 g/mol. The van der Waals surface area contributed by atoms with Crippen molar-refractivity contribution >= 4 is 33.7 Å². The summed E-state index contributed by atoms with van der Waals surface area (Å²) in [7, 11) is -4.48. The molecule has 2 fully saturated rings. The van der Waals surface area contributed by atoms with Gasteiger partial charge in [0.1, 0.15) is 5.57 Å². The molecule has 3 aliphatic rings. The molecule has 192 valence electrons. The molecule has 1 aromatic carbocycles. The van der Waals surface area contributed by atoms with Crippen molar-refractivity contribution < 1.29 is 42.2 Å². The maximum absolute atomic E-state index is 13.1. The first-order valence-corrected chi connectivity index (χ1v) is 12.7. The standard InChI is InChI=1S/C23H25N3O9S/c1-4-5-11-24-21(27)16(22(28)25(23(24)29)15(3)35-30)7-9-19-26(12-10-20(26)36(31,32)33)17-13-14(2)6-8-18(17)34-19/h6-9,13,20H,3-5,10-12H2,1-2H3,(H-,30,31,32,33)/p+1. The lowest BCUT2D eigenvalue weighted by molar-refractivity contribution is -0.220. The fraction of sp³-hybridized carbons (Fsp3) is 0.348.